The van der Waals surface area contributed by atoms with Gasteiger partial charge in [-0.25, -0.2) is 0 Å². The van der Waals surface area contributed by atoms with E-state index < -0.39 is 0 Å². The third-order valence-corrected chi connectivity index (χ3v) is 7.69. The third-order valence-electron chi connectivity index (χ3n) is 7.69. The van der Waals surface area contributed by atoms with Gasteiger partial charge in [0.25, 0.3) is 0 Å². The Balaban J connectivity index is 1.78. The van der Waals surface area contributed by atoms with Gasteiger partial charge in [0.15, 0.2) is 5.78 Å². The molecule has 0 saturated carbocycles. The summed E-state index contributed by atoms with van der Waals surface area (Å²) in [6, 6.07) is 11.1. The van der Waals surface area contributed by atoms with Gasteiger partial charge in [-0.05, 0) is 49.9 Å². The molecule has 1 aliphatic heterocycles. The van der Waals surface area contributed by atoms with E-state index >= 15 is 0 Å². The predicted octanol–water partition coefficient (Wildman–Crippen LogP) is 6.58. The Kier molecular flexibility index (Phi) is 7.01. The molecule has 2 aliphatic rings. The number of Topliss-reactive ketones (excluding diaryl/α,β-unsaturated/α-hetero) is 1. The van der Waals surface area contributed by atoms with Gasteiger partial charge in [0.2, 0.25) is 0 Å². The topological polar surface area (TPSA) is 23.6 Å². The zero-order chi connectivity index (χ0) is 21.8. The van der Waals surface area contributed by atoms with Crippen LogP contribution in [0.15, 0.2) is 30.3 Å². The largest absolute Gasteiger partial charge is 0.370 e. The zero-order valence-electron chi connectivity index (χ0n) is 19.9. The van der Waals surface area contributed by atoms with Crippen molar-refractivity contribution in [2.45, 2.75) is 77.0 Å². The summed E-state index contributed by atoms with van der Waals surface area (Å²) in [6.45, 7) is 8.91. The van der Waals surface area contributed by atoms with Crippen molar-refractivity contribution in [2.75, 3.05) is 38.1 Å². The van der Waals surface area contributed by atoms with Crippen LogP contribution in [-0.2, 0) is 5.41 Å². The first-order chi connectivity index (χ1) is 15.1. The van der Waals surface area contributed by atoms with Gasteiger partial charge >= 0.3 is 0 Å². The van der Waals surface area contributed by atoms with E-state index in [0.29, 0.717) is 5.78 Å². The van der Waals surface area contributed by atoms with Crippen LogP contribution in [0.4, 0.5) is 5.69 Å². The molecule has 1 saturated heterocycles. The van der Waals surface area contributed by atoms with Crippen molar-refractivity contribution in [1.29, 1.82) is 0 Å². The van der Waals surface area contributed by atoms with Crippen LogP contribution < -0.4 is 4.90 Å². The number of hydrogen-bond donors (Lipinski definition) is 0. The second kappa shape index (κ2) is 9.73. The van der Waals surface area contributed by atoms with Gasteiger partial charge in [0, 0.05) is 36.3 Å². The molecule has 0 unspecified atom stereocenters. The first-order valence-electron chi connectivity index (χ1n) is 12.7. The second-order valence-corrected chi connectivity index (χ2v) is 9.83. The molecule has 0 bridgehead atoms. The van der Waals surface area contributed by atoms with E-state index in [1.165, 1.54) is 54.1 Å². The molecule has 0 aromatic heterocycles. The molecule has 4 rings (SSSR count). The van der Waals surface area contributed by atoms with E-state index in [1.807, 2.05) is 0 Å². The standard InChI is InChI=1S/C28H40N2O/c1-4-6-8-16-28(17-9-7-5-2)24-14-15-25(30-19-11-18-29(3)20-21-30)22-12-10-13-23(26(22)24)27(28)31/h10,12-15H,4-9,11,16-21H2,1-3H3. The summed E-state index contributed by atoms with van der Waals surface area (Å²) in [5, 5.41) is 2.55. The lowest BCUT2D eigenvalue weighted by Crippen LogP contribution is -2.32. The third kappa shape index (κ3) is 4.14. The number of carbonyl (C=O) groups excluding carboxylic acids is 1. The number of likely N-dealkylation sites (N-methyl/N-ethyl adjacent to an activating group) is 1. The van der Waals surface area contributed by atoms with E-state index in [0.717, 1.165) is 57.4 Å². The number of carbonyl (C=O) groups is 1. The Morgan fingerprint density at radius 1 is 0.871 bits per heavy atom. The summed E-state index contributed by atoms with van der Waals surface area (Å²) in [4.78, 5) is 18.9. The molecular formula is C28H40N2O. The smallest absolute Gasteiger partial charge is 0.174 e. The Bertz CT molecular complexity index is 909. The molecule has 0 N–H and O–H groups in total. The van der Waals surface area contributed by atoms with Crippen LogP contribution in [0.25, 0.3) is 10.8 Å². The summed E-state index contributed by atoms with van der Waals surface area (Å²) in [5.41, 5.74) is 3.32. The van der Waals surface area contributed by atoms with Crippen molar-refractivity contribution >= 4 is 22.2 Å². The lowest BCUT2D eigenvalue weighted by Gasteiger charge is -2.30. The lowest BCUT2D eigenvalue weighted by atomic mass is 9.72. The maximum atomic E-state index is 14.0. The molecule has 168 valence electrons. The van der Waals surface area contributed by atoms with Gasteiger partial charge < -0.3 is 9.80 Å². The number of anilines is 1. The van der Waals surface area contributed by atoms with Crippen LogP contribution >= 0.6 is 0 Å². The highest BCUT2D eigenvalue weighted by atomic mass is 16.1. The highest BCUT2D eigenvalue weighted by molar-refractivity contribution is 6.22. The Labute approximate surface area is 188 Å². The Morgan fingerprint density at radius 2 is 1.61 bits per heavy atom. The van der Waals surface area contributed by atoms with Crippen molar-refractivity contribution in [1.82, 2.24) is 4.90 Å². The van der Waals surface area contributed by atoms with Gasteiger partial charge in [0.1, 0.15) is 0 Å². The van der Waals surface area contributed by atoms with Crippen LogP contribution in [0.5, 0.6) is 0 Å². The number of hydrogen-bond acceptors (Lipinski definition) is 3. The van der Waals surface area contributed by atoms with Crippen molar-refractivity contribution in [3.63, 3.8) is 0 Å². The molecule has 0 amide bonds. The molecular weight excluding hydrogens is 380 g/mol. The number of rotatable bonds is 9. The van der Waals surface area contributed by atoms with E-state index in [9.17, 15) is 4.79 Å². The van der Waals surface area contributed by atoms with Crippen molar-refractivity contribution in [3.8, 4) is 0 Å². The minimum atomic E-state index is -0.302. The highest BCUT2D eigenvalue weighted by Gasteiger charge is 2.46. The monoisotopic (exact) mass is 420 g/mol. The fourth-order valence-electron chi connectivity index (χ4n) is 5.90. The van der Waals surface area contributed by atoms with Crippen molar-refractivity contribution in [2.24, 2.45) is 0 Å². The molecule has 1 fully saturated rings. The Hall–Kier alpha value is -1.87. The van der Waals surface area contributed by atoms with Crippen molar-refractivity contribution < 1.29 is 4.79 Å². The van der Waals surface area contributed by atoms with E-state index in [4.69, 9.17) is 0 Å². The Morgan fingerprint density at radius 3 is 2.32 bits per heavy atom. The van der Waals surface area contributed by atoms with Crippen LogP contribution in [0.3, 0.4) is 0 Å². The quantitative estimate of drug-likeness (QED) is 0.428. The number of nitrogens with zero attached hydrogens (tertiary/aromatic N) is 2. The summed E-state index contributed by atoms with van der Waals surface area (Å²) in [5.74, 6) is 0.396. The minimum absolute atomic E-state index is 0.302. The SMILES string of the molecule is CCCCCC1(CCCCC)C(=O)c2cccc3c(N4CCCN(C)CC4)ccc1c23. The van der Waals surface area contributed by atoms with E-state index in [2.05, 4.69) is 61.0 Å². The molecule has 31 heavy (non-hydrogen) atoms. The van der Waals surface area contributed by atoms with E-state index in [1.54, 1.807) is 0 Å². The molecule has 3 nitrogen and oxygen atoms in total. The minimum Gasteiger partial charge on any atom is -0.370 e. The summed E-state index contributed by atoms with van der Waals surface area (Å²) in [6.07, 6.45) is 10.3. The second-order valence-electron chi connectivity index (χ2n) is 9.83. The van der Waals surface area contributed by atoms with Crippen LogP contribution in [0, 0.1) is 0 Å². The fraction of sp³-hybridized carbons (Fsp3) is 0.607. The summed E-state index contributed by atoms with van der Waals surface area (Å²) >= 11 is 0. The average Bonchev–Trinajstić information content (AvgIpc) is 2.90. The molecule has 0 spiro atoms. The van der Waals surface area contributed by atoms with Crippen LogP contribution in [-0.4, -0.2) is 43.9 Å². The first kappa shape index (κ1) is 22.3. The maximum absolute atomic E-state index is 14.0. The van der Waals surface area contributed by atoms with Gasteiger partial charge in [0.05, 0.1) is 5.41 Å². The van der Waals surface area contributed by atoms with Gasteiger partial charge in [-0.2, -0.15) is 0 Å². The van der Waals surface area contributed by atoms with Gasteiger partial charge in [-0.1, -0.05) is 76.6 Å². The molecule has 1 aliphatic carbocycles. The van der Waals surface area contributed by atoms with Crippen LogP contribution in [0.1, 0.15) is 87.6 Å². The zero-order valence-corrected chi connectivity index (χ0v) is 19.9. The number of ketones is 1. The number of unbranched alkanes of at least 4 members (excludes halogenated alkanes) is 4. The first-order valence-corrected chi connectivity index (χ1v) is 12.7. The van der Waals surface area contributed by atoms with Crippen LogP contribution in [0.2, 0.25) is 0 Å². The normalized spacial score (nSPS) is 18.7. The molecule has 1 heterocycles. The lowest BCUT2D eigenvalue weighted by molar-refractivity contribution is 0.0870. The summed E-state index contributed by atoms with van der Waals surface area (Å²) < 4.78 is 0. The molecule has 2 aromatic carbocycles. The predicted molar refractivity (Wildman–Crippen MR) is 133 cm³/mol. The molecule has 0 radical (unpaired) electrons. The molecule has 2 aromatic rings. The highest BCUT2D eigenvalue weighted by Crippen LogP contribution is 2.50. The van der Waals surface area contributed by atoms with Crippen molar-refractivity contribution in [3.05, 3.63) is 41.5 Å². The van der Waals surface area contributed by atoms with Gasteiger partial charge in [-0.3, -0.25) is 4.79 Å². The average molecular weight is 421 g/mol. The maximum Gasteiger partial charge on any atom is 0.174 e. The van der Waals surface area contributed by atoms with Gasteiger partial charge in [-0.15, -0.1) is 0 Å². The van der Waals surface area contributed by atoms with E-state index in [-0.39, 0.29) is 5.41 Å². The summed E-state index contributed by atoms with van der Waals surface area (Å²) in [7, 11) is 2.22. The molecule has 0 atom stereocenters. The number of benzene rings is 2. The fourth-order valence-corrected chi connectivity index (χ4v) is 5.90. The molecule has 3 heteroatoms.